The first-order chi connectivity index (χ1) is 9.06. The summed E-state index contributed by atoms with van der Waals surface area (Å²) in [7, 11) is 1.47. The van der Waals surface area contributed by atoms with Crippen LogP contribution >= 0.6 is 11.6 Å². The van der Waals surface area contributed by atoms with Crippen LogP contribution in [0.4, 0.5) is 10.6 Å². The summed E-state index contributed by atoms with van der Waals surface area (Å²) in [6.45, 7) is 0.452. The number of halogens is 1. The van der Waals surface area contributed by atoms with Gasteiger partial charge in [0.25, 0.3) is 0 Å². The van der Waals surface area contributed by atoms with E-state index in [1.807, 2.05) is 0 Å². The molecule has 0 saturated heterocycles. The van der Waals surface area contributed by atoms with Gasteiger partial charge in [-0.1, -0.05) is 11.6 Å². The molecule has 0 saturated carbocycles. The maximum absolute atomic E-state index is 10.6. The Bertz CT molecular complexity index is 491. The van der Waals surface area contributed by atoms with Crippen LogP contribution in [0.2, 0.25) is 5.15 Å². The summed E-state index contributed by atoms with van der Waals surface area (Å²) < 4.78 is 4.88. The van der Waals surface area contributed by atoms with Crippen LogP contribution in [0, 0.1) is 11.3 Å². The van der Waals surface area contributed by atoms with E-state index in [4.69, 9.17) is 26.7 Å². The maximum Gasteiger partial charge on any atom is 0.405 e. The number of hydrogen-bond acceptors (Lipinski definition) is 6. The highest BCUT2D eigenvalue weighted by Crippen LogP contribution is 2.12. The number of carboxylic acid groups (broad SMARTS) is 1. The molecule has 1 aromatic rings. The molecule has 19 heavy (non-hydrogen) atoms. The standard InChI is InChI=1S/C10H12ClN5O3/c1-19-5-6(15-10(17)18)3-14-8-4-13-7(2-12)9(11)16-8/h4,6,15H,3,5H2,1H3,(H,14,16)(H,17,18). The molecule has 1 rings (SSSR count). The Morgan fingerprint density at radius 1 is 1.74 bits per heavy atom. The van der Waals surface area contributed by atoms with Crippen molar-refractivity contribution >= 4 is 23.5 Å². The van der Waals surface area contributed by atoms with Crippen LogP contribution in [0.15, 0.2) is 6.20 Å². The Hall–Kier alpha value is -2.11. The van der Waals surface area contributed by atoms with E-state index in [1.165, 1.54) is 13.3 Å². The van der Waals surface area contributed by atoms with E-state index in [-0.39, 0.29) is 24.0 Å². The van der Waals surface area contributed by atoms with Gasteiger partial charge in [0.15, 0.2) is 10.8 Å². The zero-order chi connectivity index (χ0) is 14.3. The number of nitriles is 1. The van der Waals surface area contributed by atoms with Gasteiger partial charge in [-0.2, -0.15) is 5.26 Å². The molecular weight excluding hydrogens is 274 g/mol. The Kier molecular flexibility index (Phi) is 5.78. The first kappa shape index (κ1) is 14.9. The molecule has 0 radical (unpaired) electrons. The molecule has 1 aromatic heterocycles. The van der Waals surface area contributed by atoms with Gasteiger partial charge in [0, 0.05) is 13.7 Å². The molecule has 1 atom stereocenters. The monoisotopic (exact) mass is 285 g/mol. The minimum atomic E-state index is -1.15. The lowest BCUT2D eigenvalue weighted by molar-refractivity contribution is 0.154. The predicted octanol–water partition coefficient (Wildman–Crippen LogP) is 0.696. The molecule has 0 bridgehead atoms. The number of hydrogen-bond donors (Lipinski definition) is 3. The van der Waals surface area contributed by atoms with E-state index >= 15 is 0 Å². The van der Waals surface area contributed by atoms with E-state index in [1.54, 1.807) is 6.07 Å². The second-order valence-electron chi connectivity index (χ2n) is 3.49. The van der Waals surface area contributed by atoms with Crippen LogP contribution in [-0.2, 0) is 4.74 Å². The highest BCUT2D eigenvalue weighted by atomic mass is 35.5. The number of nitrogens with one attached hydrogen (secondary N) is 2. The molecule has 0 spiro atoms. The van der Waals surface area contributed by atoms with Crippen molar-refractivity contribution in [1.29, 1.82) is 5.26 Å². The summed E-state index contributed by atoms with van der Waals surface area (Å²) >= 11 is 5.72. The van der Waals surface area contributed by atoms with Crippen LogP contribution in [-0.4, -0.2) is 47.5 Å². The summed E-state index contributed by atoms with van der Waals surface area (Å²) in [6, 6.07) is 1.34. The highest BCUT2D eigenvalue weighted by molar-refractivity contribution is 6.30. The molecule has 102 valence electrons. The van der Waals surface area contributed by atoms with Gasteiger partial charge in [0.2, 0.25) is 0 Å². The number of amides is 1. The minimum absolute atomic E-state index is 0.0121. The summed E-state index contributed by atoms with van der Waals surface area (Å²) in [5.41, 5.74) is 0.0318. The van der Waals surface area contributed by atoms with Crippen LogP contribution in [0.1, 0.15) is 5.69 Å². The summed E-state index contributed by atoms with van der Waals surface area (Å²) in [5, 5.41) is 22.4. The molecule has 0 aliphatic heterocycles. The Labute approximate surface area is 114 Å². The Morgan fingerprint density at radius 2 is 2.47 bits per heavy atom. The van der Waals surface area contributed by atoms with Crippen molar-refractivity contribution in [3.8, 4) is 6.07 Å². The fourth-order valence-corrected chi connectivity index (χ4v) is 1.46. The van der Waals surface area contributed by atoms with Gasteiger partial charge < -0.3 is 20.5 Å². The molecule has 1 heterocycles. The van der Waals surface area contributed by atoms with E-state index < -0.39 is 12.1 Å². The topological polar surface area (TPSA) is 120 Å². The normalized spacial score (nSPS) is 11.4. The fraction of sp³-hybridized carbons (Fsp3) is 0.400. The number of methoxy groups -OCH3 is 1. The van der Waals surface area contributed by atoms with Crippen molar-refractivity contribution in [3.63, 3.8) is 0 Å². The van der Waals surface area contributed by atoms with Crippen molar-refractivity contribution in [2.24, 2.45) is 0 Å². The molecule has 0 aliphatic carbocycles. The lowest BCUT2D eigenvalue weighted by atomic mass is 10.3. The number of ether oxygens (including phenoxy) is 1. The zero-order valence-corrected chi connectivity index (χ0v) is 10.8. The van der Waals surface area contributed by atoms with Crippen LogP contribution < -0.4 is 10.6 Å². The van der Waals surface area contributed by atoms with Crippen molar-refractivity contribution in [2.45, 2.75) is 6.04 Å². The molecule has 8 nitrogen and oxygen atoms in total. The smallest absolute Gasteiger partial charge is 0.405 e. The molecule has 0 aromatic carbocycles. The molecule has 9 heteroatoms. The first-order valence-corrected chi connectivity index (χ1v) is 5.59. The van der Waals surface area contributed by atoms with Gasteiger partial charge in [-0.25, -0.2) is 14.8 Å². The van der Waals surface area contributed by atoms with Crippen LogP contribution in [0.3, 0.4) is 0 Å². The predicted molar refractivity (Wildman–Crippen MR) is 67.1 cm³/mol. The number of nitrogens with zero attached hydrogens (tertiary/aromatic N) is 3. The van der Waals surface area contributed by atoms with Crippen LogP contribution in [0.5, 0.6) is 0 Å². The minimum Gasteiger partial charge on any atom is -0.465 e. The molecule has 1 amide bonds. The largest absolute Gasteiger partial charge is 0.465 e. The van der Waals surface area contributed by atoms with Crippen LogP contribution in [0.25, 0.3) is 0 Å². The first-order valence-electron chi connectivity index (χ1n) is 5.21. The fourth-order valence-electron chi connectivity index (χ4n) is 1.28. The van der Waals surface area contributed by atoms with Gasteiger partial charge in [0.1, 0.15) is 11.9 Å². The lowest BCUT2D eigenvalue weighted by Crippen LogP contribution is -2.42. The molecular formula is C10H12ClN5O3. The van der Waals surface area contributed by atoms with E-state index in [2.05, 4.69) is 20.6 Å². The Balaban J connectivity index is 2.61. The Morgan fingerprint density at radius 3 is 3.00 bits per heavy atom. The second-order valence-corrected chi connectivity index (χ2v) is 3.85. The number of anilines is 1. The van der Waals surface area contributed by atoms with Gasteiger partial charge in [-0.05, 0) is 0 Å². The zero-order valence-electron chi connectivity index (χ0n) is 10.1. The third kappa shape index (κ3) is 4.95. The molecule has 1 unspecified atom stereocenters. The molecule has 0 aliphatic rings. The van der Waals surface area contributed by atoms with Crippen molar-refractivity contribution in [2.75, 3.05) is 25.6 Å². The summed E-state index contributed by atoms with van der Waals surface area (Å²) in [4.78, 5) is 18.3. The van der Waals surface area contributed by atoms with E-state index in [9.17, 15) is 4.79 Å². The molecule has 0 fully saturated rings. The number of rotatable bonds is 6. The lowest BCUT2D eigenvalue weighted by Gasteiger charge is -2.16. The highest BCUT2D eigenvalue weighted by Gasteiger charge is 2.12. The van der Waals surface area contributed by atoms with Gasteiger partial charge in [-0.3, -0.25) is 0 Å². The quantitative estimate of drug-likeness (QED) is 0.703. The van der Waals surface area contributed by atoms with E-state index in [0.29, 0.717) is 5.82 Å². The molecule has 3 N–H and O–H groups in total. The van der Waals surface area contributed by atoms with Gasteiger partial charge in [0.05, 0.1) is 18.8 Å². The van der Waals surface area contributed by atoms with Gasteiger partial charge in [-0.15, -0.1) is 0 Å². The van der Waals surface area contributed by atoms with E-state index in [0.717, 1.165) is 0 Å². The maximum atomic E-state index is 10.6. The SMILES string of the molecule is COCC(CNc1cnc(C#N)c(Cl)n1)NC(=O)O. The third-order valence-corrected chi connectivity index (χ3v) is 2.32. The average Bonchev–Trinajstić information content (AvgIpc) is 2.36. The number of aromatic nitrogens is 2. The third-order valence-electron chi connectivity index (χ3n) is 2.06. The van der Waals surface area contributed by atoms with Crippen molar-refractivity contribution in [1.82, 2.24) is 15.3 Å². The summed E-state index contributed by atoms with van der Waals surface area (Å²) in [6.07, 6.45) is 0.197. The number of carbonyl (C=O) groups is 1. The van der Waals surface area contributed by atoms with Crippen molar-refractivity contribution in [3.05, 3.63) is 17.0 Å². The van der Waals surface area contributed by atoms with Gasteiger partial charge >= 0.3 is 6.09 Å². The second kappa shape index (κ2) is 7.35. The summed E-state index contributed by atoms with van der Waals surface area (Å²) in [5.74, 6) is 0.345. The average molecular weight is 286 g/mol. The van der Waals surface area contributed by atoms with Crippen molar-refractivity contribution < 1.29 is 14.6 Å².